The Morgan fingerprint density at radius 3 is 2.20 bits per heavy atom. The molecule has 0 aromatic carbocycles. The fourth-order valence-electron chi connectivity index (χ4n) is 1.74. The summed E-state index contributed by atoms with van der Waals surface area (Å²) in [5.41, 5.74) is 0. The van der Waals surface area contributed by atoms with Crippen LogP contribution in [-0.4, -0.2) is 28.9 Å². The van der Waals surface area contributed by atoms with Crippen LogP contribution in [0.4, 0.5) is 0 Å². The largest absolute Gasteiger partial charge is 0.393 e. The van der Waals surface area contributed by atoms with E-state index in [4.69, 9.17) is 0 Å². The summed E-state index contributed by atoms with van der Waals surface area (Å²) in [6, 6.07) is 0.0589. The number of amides is 1. The van der Waals surface area contributed by atoms with Gasteiger partial charge in [0, 0.05) is 12.0 Å². The molecule has 0 radical (unpaired) electrons. The molecule has 0 bridgehead atoms. The zero-order valence-electron chi connectivity index (χ0n) is 9.32. The lowest BCUT2D eigenvalue weighted by molar-refractivity contribution is -0.140. The standard InChI is InChI=1S/C11H19NO3/c1-7(2)10(14)11(15)12-8-3-5-9(13)6-4-8/h7-9,13H,3-6H2,1-2H3,(H,12,15)/t8-,9-. The quantitative estimate of drug-likeness (QED) is 0.676. The number of Topliss-reactive ketones (excluding diaryl/α,β-unsaturated/α-hetero) is 1. The molecule has 1 rings (SSSR count). The molecule has 0 aromatic heterocycles. The first-order valence-corrected chi connectivity index (χ1v) is 5.53. The smallest absolute Gasteiger partial charge is 0.287 e. The van der Waals surface area contributed by atoms with E-state index in [1.54, 1.807) is 13.8 Å². The van der Waals surface area contributed by atoms with Gasteiger partial charge in [-0.2, -0.15) is 0 Å². The van der Waals surface area contributed by atoms with Gasteiger partial charge >= 0.3 is 0 Å². The monoisotopic (exact) mass is 213 g/mol. The molecule has 4 nitrogen and oxygen atoms in total. The van der Waals surface area contributed by atoms with Crippen LogP contribution in [0, 0.1) is 5.92 Å². The first kappa shape index (κ1) is 12.2. The van der Waals surface area contributed by atoms with Gasteiger partial charge in [0.05, 0.1) is 6.10 Å². The zero-order chi connectivity index (χ0) is 11.4. The SMILES string of the molecule is CC(C)C(=O)C(=O)N[C@H]1CC[C@H](O)CC1. The van der Waals surface area contributed by atoms with Gasteiger partial charge in [-0.05, 0) is 25.7 Å². The lowest BCUT2D eigenvalue weighted by Crippen LogP contribution is -2.43. The summed E-state index contributed by atoms with van der Waals surface area (Å²) < 4.78 is 0. The molecule has 1 amide bonds. The highest BCUT2D eigenvalue weighted by atomic mass is 16.3. The van der Waals surface area contributed by atoms with Gasteiger partial charge in [0.15, 0.2) is 0 Å². The Morgan fingerprint density at radius 2 is 1.73 bits per heavy atom. The van der Waals surface area contributed by atoms with E-state index in [1.165, 1.54) is 0 Å². The number of nitrogens with one attached hydrogen (secondary N) is 1. The van der Waals surface area contributed by atoms with Crippen molar-refractivity contribution in [2.75, 3.05) is 0 Å². The molecule has 1 saturated carbocycles. The average molecular weight is 213 g/mol. The molecular weight excluding hydrogens is 194 g/mol. The Labute approximate surface area is 90.0 Å². The normalized spacial score (nSPS) is 26.4. The molecule has 0 saturated heterocycles. The third-order valence-electron chi connectivity index (χ3n) is 2.78. The van der Waals surface area contributed by atoms with Crippen LogP contribution in [0.25, 0.3) is 0 Å². The van der Waals surface area contributed by atoms with Crippen LogP contribution in [0.1, 0.15) is 39.5 Å². The molecule has 0 aliphatic heterocycles. The maximum Gasteiger partial charge on any atom is 0.287 e. The Bertz CT molecular complexity index is 242. The van der Waals surface area contributed by atoms with Gasteiger partial charge in [-0.15, -0.1) is 0 Å². The first-order valence-electron chi connectivity index (χ1n) is 5.53. The third-order valence-corrected chi connectivity index (χ3v) is 2.78. The summed E-state index contributed by atoms with van der Waals surface area (Å²) in [4.78, 5) is 22.7. The molecule has 0 unspecified atom stereocenters. The lowest BCUT2D eigenvalue weighted by atomic mass is 9.93. The number of aliphatic hydroxyl groups is 1. The Hall–Kier alpha value is -0.900. The van der Waals surface area contributed by atoms with E-state index in [0.29, 0.717) is 12.8 Å². The Morgan fingerprint density at radius 1 is 1.20 bits per heavy atom. The zero-order valence-corrected chi connectivity index (χ0v) is 9.32. The van der Waals surface area contributed by atoms with Crippen molar-refractivity contribution in [1.29, 1.82) is 0 Å². The molecule has 1 fully saturated rings. The second kappa shape index (κ2) is 5.26. The van der Waals surface area contributed by atoms with Gasteiger partial charge in [-0.3, -0.25) is 9.59 Å². The van der Waals surface area contributed by atoms with E-state index < -0.39 is 5.91 Å². The average Bonchev–Trinajstić information content (AvgIpc) is 2.20. The van der Waals surface area contributed by atoms with Crippen molar-refractivity contribution in [1.82, 2.24) is 5.32 Å². The molecule has 1 aliphatic carbocycles. The van der Waals surface area contributed by atoms with E-state index >= 15 is 0 Å². The molecule has 2 N–H and O–H groups in total. The molecular formula is C11H19NO3. The van der Waals surface area contributed by atoms with Crippen LogP contribution in [-0.2, 0) is 9.59 Å². The fraction of sp³-hybridized carbons (Fsp3) is 0.818. The predicted octanol–water partition coefficient (Wildman–Crippen LogP) is 0.631. The van der Waals surface area contributed by atoms with Crippen molar-refractivity contribution in [3.63, 3.8) is 0 Å². The Kier molecular flexibility index (Phi) is 4.27. The minimum Gasteiger partial charge on any atom is -0.393 e. The highest BCUT2D eigenvalue weighted by molar-refractivity contribution is 6.36. The van der Waals surface area contributed by atoms with E-state index in [0.717, 1.165) is 12.8 Å². The number of carbonyl (C=O) groups is 2. The van der Waals surface area contributed by atoms with Crippen molar-refractivity contribution < 1.29 is 14.7 Å². The van der Waals surface area contributed by atoms with E-state index in [1.807, 2.05) is 0 Å². The molecule has 4 heteroatoms. The molecule has 0 atom stereocenters. The minimum atomic E-state index is -0.480. The topological polar surface area (TPSA) is 66.4 Å². The van der Waals surface area contributed by atoms with E-state index in [2.05, 4.69) is 5.32 Å². The molecule has 0 aromatic rings. The van der Waals surface area contributed by atoms with E-state index in [-0.39, 0.29) is 23.8 Å². The van der Waals surface area contributed by atoms with Crippen molar-refractivity contribution in [3.05, 3.63) is 0 Å². The third kappa shape index (κ3) is 3.63. The van der Waals surface area contributed by atoms with Crippen LogP contribution in [0.3, 0.4) is 0 Å². The number of ketones is 1. The summed E-state index contributed by atoms with van der Waals surface area (Å²) in [5.74, 6) is -1.09. The molecule has 0 heterocycles. The summed E-state index contributed by atoms with van der Waals surface area (Å²) in [6.45, 7) is 3.43. The fourth-order valence-corrected chi connectivity index (χ4v) is 1.74. The minimum absolute atomic E-state index is 0.0589. The van der Waals surface area contributed by atoms with Crippen LogP contribution >= 0.6 is 0 Å². The molecule has 15 heavy (non-hydrogen) atoms. The van der Waals surface area contributed by atoms with Crippen LogP contribution in [0.2, 0.25) is 0 Å². The van der Waals surface area contributed by atoms with Crippen LogP contribution < -0.4 is 5.32 Å². The highest BCUT2D eigenvalue weighted by Gasteiger charge is 2.24. The highest BCUT2D eigenvalue weighted by Crippen LogP contribution is 2.18. The maximum absolute atomic E-state index is 11.4. The lowest BCUT2D eigenvalue weighted by Gasteiger charge is -2.26. The van der Waals surface area contributed by atoms with E-state index in [9.17, 15) is 14.7 Å². The summed E-state index contributed by atoms with van der Waals surface area (Å²) >= 11 is 0. The van der Waals surface area contributed by atoms with Gasteiger partial charge in [-0.1, -0.05) is 13.8 Å². The summed E-state index contributed by atoms with van der Waals surface area (Å²) in [5, 5.41) is 12.0. The molecule has 0 spiro atoms. The van der Waals surface area contributed by atoms with Crippen molar-refractivity contribution in [3.8, 4) is 0 Å². The number of carbonyl (C=O) groups excluding carboxylic acids is 2. The van der Waals surface area contributed by atoms with Gasteiger partial charge in [0.2, 0.25) is 5.78 Å². The second-order valence-corrected chi connectivity index (χ2v) is 4.50. The Balaban J connectivity index is 2.35. The number of aliphatic hydroxyl groups excluding tert-OH is 1. The summed E-state index contributed by atoms with van der Waals surface area (Å²) in [6.07, 6.45) is 2.71. The predicted molar refractivity (Wildman–Crippen MR) is 56.3 cm³/mol. The number of hydrogen-bond acceptors (Lipinski definition) is 3. The molecule has 1 aliphatic rings. The molecule has 86 valence electrons. The second-order valence-electron chi connectivity index (χ2n) is 4.50. The number of rotatable bonds is 3. The van der Waals surface area contributed by atoms with Gasteiger partial charge in [0.1, 0.15) is 0 Å². The maximum atomic E-state index is 11.4. The van der Waals surface area contributed by atoms with Crippen molar-refractivity contribution in [2.45, 2.75) is 51.7 Å². The van der Waals surface area contributed by atoms with Crippen molar-refractivity contribution >= 4 is 11.7 Å². The van der Waals surface area contributed by atoms with Gasteiger partial charge < -0.3 is 10.4 Å². The van der Waals surface area contributed by atoms with Crippen LogP contribution in [0.5, 0.6) is 0 Å². The first-order chi connectivity index (χ1) is 7.00. The van der Waals surface area contributed by atoms with Gasteiger partial charge in [0.25, 0.3) is 5.91 Å². The number of hydrogen-bond donors (Lipinski definition) is 2. The summed E-state index contributed by atoms with van der Waals surface area (Å²) in [7, 11) is 0. The van der Waals surface area contributed by atoms with Crippen molar-refractivity contribution in [2.24, 2.45) is 5.92 Å². The van der Waals surface area contributed by atoms with Gasteiger partial charge in [-0.25, -0.2) is 0 Å². The van der Waals surface area contributed by atoms with Crippen LogP contribution in [0.15, 0.2) is 0 Å².